The molecule has 0 aliphatic carbocycles. The molecule has 0 bridgehead atoms. The number of carbonyl (C=O) groups excluding carboxylic acids is 1. The summed E-state index contributed by atoms with van der Waals surface area (Å²) in [4.78, 5) is 12.9. The molecule has 28 heavy (non-hydrogen) atoms. The first kappa shape index (κ1) is 22.1. The molecule has 0 saturated heterocycles. The van der Waals surface area contributed by atoms with E-state index in [4.69, 9.17) is 4.74 Å². The maximum absolute atomic E-state index is 12.9. The van der Waals surface area contributed by atoms with Gasteiger partial charge in [-0.25, -0.2) is 0 Å². The van der Waals surface area contributed by atoms with Crippen molar-refractivity contribution in [1.29, 1.82) is 0 Å². The van der Waals surface area contributed by atoms with E-state index in [1.807, 2.05) is 24.3 Å². The fourth-order valence-corrected chi connectivity index (χ4v) is 2.72. The minimum Gasteiger partial charge on any atom is -0.508 e. The van der Waals surface area contributed by atoms with Gasteiger partial charge in [-0.3, -0.25) is 4.79 Å². The monoisotopic (exact) mass is 385 g/mol. The Kier molecular flexibility index (Phi) is 8.18. The van der Waals surface area contributed by atoms with Crippen molar-refractivity contribution < 1.29 is 19.7 Å². The second-order valence-electron chi connectivity index (χ2n) is 7.70. The van der Waals surface area contributed by atoms with Gasteiger partial charge in [0.05, 0.1) is 12.7 Å². The lowest BCUT2D eigenvalue weighted by Gasteiger charge is -2.27. The summed E-state index contributed by atoms with van der Waals surface area (Å²) in [6, 6.07) is 15.8. The fourth-order valence-electron chi connectivity index (χ4n) is 2.72. The lowest BCUT2D eigenvalue weighted by atomic mass is 9.99. The summed E-state index contributed by atoms with van der Waals surface area (Å²) in [6.45, 7) is 6.67. The number of rotatable bonds is 11. The molecule has 2 unspecified atom stereocenters. The Bertz CT molecular complexity index is 745. The van der Waals surface area contributed by atoms with Crippen LogP contribution in [0.25, 0.3) is 0 Å². The molecule has 2 atom stereocenters. The number of hydrogen-bond acceptors (Lipinski definition) is 5. The summed E-state index contributed by atoms with van der Waals surface area (Å²) in [5.74, 6) is 0.00688. The number of benzene rings is 2. The van der Waals surface area contributed by atoms with Crippen molar-refractivity contribution in [2.75, 3.05) is 13.2 Å². The van der Waals surface area contributed by atoms with Crippen molar-refractivity contribution in [1.82, 2.24) is 5.32 Å². The SMILES string of the molecule is CCC(C)(C)NCC(O)COC(Cc1cccc(O)c1)C(=O)c1ccccc1. The molecule has 0 fully saturated rings. The van der Waals surface area contributed by atoms with E-state index in [0.29, 0.717) is 18.5 Å². The smallest absolute Gasteiger partial charge is 0.191 e. The Hall–Kier alpha value is -2.21. The molecular formula is C23H31NO4. The van der Waals surface area contributed by atoms with Gasteiger partial charge in [0, 0.05) is 24.1 Å². The van der Waals surface area contributed by atoms with Crippen molar-refractivity contribution in [2.45, 2.75) is 51.4 Å². The maximum atomic E-state index is 12.9. The van der Waals surface area contributed by atoms with Crippen molar-refractivity contribution in [3.8, 4) is 5.75 Å². The zero-order chi connectivity index (χ0) is 20.6. The minimum absolute atomic E-state index is 0.0504. The van der Waals surface area contributed by atoms with E-state index in [1.165, 1.54) is 0 Å². The number of nitrogens with one attached hydrogen (secondary N) is 1. The fraction of sp³-hybridized carbons (Fsp3) is 0.435. The summed E-state index contributed by atoms with van der Waals surface area (Å²) in [5, 5.41) is 23.3. The van der Waals surface area contributed by atoms with E-state index in [1.54, 1.807) is 30.3 Å². The van der Waals surface area contributed by atoms with Crippen LogP contribution in [0, 0.1) is 0 Å². The highest BCUT2D eigenvalue weighted by molar-refractivity contribution is 5.99. The predicted octanol–water partition coefficient (Wildman–Crippen LogP) is 3.34. The molecule has 0 heterocycles. The van der Waals surface area contributed by atoms with Crippen molar-refractivity contribution in [2.24, 2.45) is 0 Å². The third-order valence-electron chi connectivity index (χ3n) is 4.87. The molecule has 3 N–H and O–H groups in total. The Labute approximate surface area is 167 Å². The number of phenolic OH excluding ortho intramolecular Hbond substituents is 1. The number of aliphatic hydroxyl groups excluding tert-OH is 1. The first-order chi connectivity index (χ1) is 13.3. The third kappa shape index (κ3) is 7.08. The van der Waals surface area contributed by atoms with Gasteiger partial charge in [-0.05, 0) is 38.0 Å². The molecule has 152 valence electrons. The van der Waals surface area contributed by atoms with Crippen LogP contribution in [0.3, 0.4) is 0 Å². The van der Waals surface area contributed by atoms with Gasteiger partial charge in [0.15, 0.2) is 5.78 Å². The molecule has 5 nitrogen and oxygen atoms in total. The summed E-state index contributed by atoms with van der Waals surface area (Å²) in [7, 11) is 0. The summed E-state index contributed by atoms with van der Waals surface area (Å²) >= 11 is 0. The molecule has 0 saturated carbocycles. The number of hydrogen-bond donors (Lipinski definition) is 3. The predicted molar refractivity (Wildman–Crippen MR) is 111 cm³/mol. The highest BCUT2D eigenvalue weighted by Gasteiger charge is 2.23. The normalized spacial score (nSPS) is 13.9. The standard InChI is InChI=1S/C23H31NO4/c1-4-23(2,3)24-15-20(26)16-28-21(14-17-9-8-12-19(25)13-17)22(27)18-10-6-5-7-11-18/h5-13,20-21,24-26H,4,14-16H2,1-3H3. The molecule has 0 amide bonds. The van der Waals surface area contributed by atoms with E-state index in [0.717, 1.165) is 12.0 Å². The van der Waals surface area contributed by atoms with Crippen LogP contribution in [-0.2, 0) is 11.2 Å². The van der Waals surface area contributed by atoms with E-state index in [9.17, 15) is 15.0 Å². The molecular weight excluding hydrogens is 354 g/mol. The first-order valence-electron chi connectivity index (χ1n) is 9.72. The highest BCUT2D eigenvalue weighted by Crippen LogP contribution is 2.17. The number of Topliss-reactive ketones (excluding diaryl/α,β-unsaturated/α-hetero) is 1. The second-order valence-corrected chi connectivity index (χ2v) is 7.70. The number of ether oxygens (including phenoxy) is 1. The van der Waals surface area contributed by atoms with Crippen molar-refractivity contribution in [3.63, 3.8) is 0 Å². The lowest BCUT2D eigenvalue weighted by molar-refractivity contribution is -0.00358. The Morgan fingerprint density at radius 2 is 1.86 bits per heavy atom. The van der Waals surface area contributed by atoms with Gasteiger partial charge in [-0.1, -0.05) is 49.4 Å². The summed E-state index contributed by atoms with van der Waals surface area (Å²) < 4.78 is 5.84. The van der Waals surface area contributed by atoms with E-state index < -0.39 is 12.2 Å². The zero-order valence-corrected chi connectivity index (χ0v) is 16.9. The van der Waals surface area contributed by atoms with Crippen LogP contribution >= 0.6 is 0 Å². The van der Waals surface area contributed by atoms with Gasteiger partial charge < -0.3 is 20.3 Å². The van der Waals surface area contributed by atoms with Gasteiger partial charge in [-0.2, -0.15) is 0 Å². The zero-order valence-electron chi connectivity index (χ0n) is 16.9. The Morgan fingerprint density at radius 3 is 2.50 bits per heavy atom. The van der Waals surface area contributed by atoms with Crippen LogP contribution < -0.4 is 5.32 Å². The molecule has 2 aromatic rings. The minimum atomic E-state index is -0.738. The van der Waals surface area contributed by atoms with Crippen LogP contribution in [0.2, 0.25) is 0 Å². The Morgan fingerprint density at radius 1 is 1.14 bits per heavy atom. The second kappa shape index (κ2) is 10.4. The van der Waals surface area contributed by atoms with Crippen LogP contribution in [0.15, 0.2) is 54.6 Å². The number of aromatic hydroxyl groups is 1. The van der Waals surface area contributed by atoms with Crippen LogP contribution in [0.5, 0.6) is 5.75 Å². The molecule has 5 heteroatoms. The van der Waals surface area contributed by atoms with Gasteiger partial charge in [-0.15, -0.1) is 0 Å². The number of phenols is 1. The quantitative estimate of drug-likeness (QED) is 0.517. The highest BCUT2D eigenvalue weighted by atomic mass is 16.5. The molecule has 2 aromatic carbocycles. The van der Waals surface area contributed by atoms with Crippen LogP contribution in [-0.4, -0.2) is 46.9 Å². The largest absolute Gasteiger partial charge is 0.508 e. The third-order valence-corrected chi connectivity index (χ3v) is 4.87. The Balaban J connectivity index is 2.04. The number of ketones is 1. The maximum Gasteiger partial charge on any atom is 0.191 e. The average molecular weight is 386 g/mol. The van der Waals surface area contributed by atoms with Crippen LogP contribution in [0.4, 0.5) is 0 Å². The van der Waals surface area contributed by atoms with Gasteiger partial charge >= 0.3 is 0 Å². The summed E-state index contributed by atoms with van der Waals surface area (Å²) in [5.41, 5.74) is 1.29. The molecule has 0 aliphatic heterocycles. The van der Waals surface area contributed by atoms with Crippen molar-refractivity contribution >= 4 is 5.78 Å². The van der Waals surface area contributed by atoms with Gasteiger partial charge in [0.2, 0.25) is 0 Å². The molecule has 2 rings (SSSR count). The topological polar surface area (TPSA) is 78.8 Å². The van der Waals surface area contributed by atoms with E-state index in [2.05, 4.69) is 26.1 Å². The van der Waals surface area contributed by atoms with Crippen LogP contribution in [0.1, 0.15) is 43.1 Å². The van der Waals surface area contributed by atoms with E-state index >= 15 is 0 Å². The van der Waals surface area contributed by atoms with Gasteiger partial charge in [0.1, 0.15) is 11.9 Å². The molecule has 0 spiro atoms. The molecule has 0 radical (unpaired) electrons. The number of carbonyl (C=O) groups is 1. The molecule has 0 aromatic heterocycles. The van der Waals surface area contributed by atoms with Crippen molar-refractivity contribution in [3.05, 3.63) is 65.7 Å². The lowest BCUT2D eigenvalue weighted by Crippen LogP contribution is -2.44. The molecule has 0 aliphatic rings. The summed E-state index contributed by atoms with van der Waals surface area (Å²) in [6.07, 6.45) is -0.199. The first-order valence-corrected chi connectivity index (χ1v) is 9.72. The average Bonchev–Trinajstić information content (AvgIpc) is 2.70. The van der Waals surface area contributed by atoms with Gasteiger partial charge in [0.25, 0.3) is 0 Å². The number of β-amino-alcohol motifs (C(OH)–C–C–N with tert-alkyl or cyclic N) is 1. The number of aliphatic hydroxyl groups is 1. The van der Waals surface area contributed by atoms with E-state index in [-0.39, 0.29) is 23.7 Å².